The number of nitrogens with one attached hydrogen (secondary N) is 1. The summed E-state index contributed by atoms with van der Waals surface area (Å²) in [5.74, 6) is -20.6. The molecule has 0 aliphatic rings. The molecule has 0 aromatic rings. The van der Waals surface area contributed by atoms with Gasteiger partial charge in [0.05, 0.1) is 5.03 Å². The molecule has 0 aromatic heterocycles. The molecule has 0 bridgehead atoms. The summed E-state index contributed by atoms with van der Waals surface area (Å²) in [4.78, 5) is 10.7. The lowest BCUT2D eigenvalue weighted by Gasteiger charge is -2.33. The summed E-state index contributed by atoms with van der Waals surface area (Å²) >= 11 is 4.99. The molecule has 0 spiro atoms. The van der Waals surface area contributed by atoms with Gasteiger partial charge in [0.1, 0.15) is 0 Å². The van der Waals surface area contributed by atoms with Crippen molar-refractivity contribution in [3.63, 3.8) is 0 Å². The van der Waals surface area contributed by atoms with Crippen LogP contribution in [0.4, 0.5) is 39.5 Å². The van der Waals surface area contributed by atoms with Crippen LogP contribution in [0, 0.1) is 0 Å². The number of alkyl halides is 9. The van der Waals surface area contributed by atoms with Gasteiger partial charge in [-0.25, -0.2) is 0 Å². The van der Waals surface area contributed by atoms with Crippen molar-refractivity contribution in [2.45, 2.75) is 30.4 Å². The quantitative estimate of drug-likeness (QED) is 0.573. The number of hydrogen-bond donors (Lipinski definition) is 1. The van der Waals surface area contributed by atoms with Crippen LogP contribution in [0.5, 0.6) is 0 Å². The van der Waals surface area contributed by atoms with Gasteiger partial charge in [-0.3, -0.25) is 4.79 Å². The van der Waals surface area contributed by atoms with Gasteiger partial charge < -0.3 is 5.32 Å². The molecule has 0 heterocycles. The number of carbonyl (C=O) groups is 1. The van der Waals surface area contributed by atoms with Crippen molar-refractivity contribution in [1.29, 1.82) is 0 Å². The minimum atomic E-state index is -6.94. The maximum Gasteiger partial charge on any atom is 0.460 e. The van der Waals surface area contributed by atoms with Crippen molar-refractivity contribution < 1.29 is 44.3 Å². The van der Waals surface area contributed by atoms with Crippen LogP contribution >= 0.6 is 11.6 Å². The summed E-state index contributed by atoms with van der Waals surface area (Å²) in [6, 6.07) is 0. The second-order valence-corrected chi connectivity index (χ2v) is 4.22. The average Bonchev–Trinajstić information content (AvgIpc) is 2.26. The van der Waals surface area contributed by atoms with Crippen molar-refractivity contribution >= 4 is 17.5 Å². The van der Waals surface area contributed by atoms with Crippen molar-refractivity contribution in [3.8, 4) is 0 Å². The molecule has 12 heteroatoms. The van der Waals surface area contributed by atoms with Gasteiger partial charge in [0.25, 0.3) is 5.91 Å². The summed E-state index contributed by atoms with van der Waals surface area (Å²) in [6.45, 7) is 1.52. The summed E-state index contributed by atoms with van der Waals surface area (Å²) in [7, 11) is 0. The topological polar surface area (TPSA) is 29.1 Å². The van der Waals surface area contributed by atoms with Crippen molar-refractivity contribution in [1.82, 2.24) is 5.32 Å². The molecular weight excluding hydrogens is 345 g/mol. The van der Waals surface area contributed by atoms with E-state index in [9.17, 15) is 44.3 Å². The predicted molar refractivity (Wildman–Crippen MR) is 53.5 cm³/mol. The highest BCUT2D eigenvalue weighted by molar-refractivity contribution is 6.41. The molecule has 0 aliphatic heterocycles. The van der Waals surface area contributed by atoms with Gasteiger partial charge in [-0.2, -0.15) is 39.5 Å². The Morgan fingerprint density at radius 2 is 1.38 bits per heavy atom. The molecule has 124 valence electrons. The van der Waals surface area contributed by atoms with Crippen molar-refractivity contribution in [2.75, 3.05) is 6.54 Å². The van der Waals surface area contributed by atoms with E-state index in [1.807, 2.05) is 0 Å². The minimum absolute atomic E-state index is 0.717. The maximum absolute atomic E-state index is 12.9. The van der Waals surface area contributed by atoms with Gasteiger partial charge in [-0.15, -0.1) is 0 Å². The van der Waals surface area contributed by atoms with Crippen molar-refractivity contribution in [2.24, 2.45) is 0 Å². The smallest absolute Gasteiger partial charge is 0.351 e. The fourth-order valence-corrected chi connectivity index (χ4v) is 1.06. The monoisotopic (exact) mass is 351 g/mol. The highest BCUT2D eigenvalue weighted by Gasteiger charge is 2.81. The Morgan fingerprint density at radius 3 is 1.71 bits per heavy atom. The van der Waals surface area contributed by atoms with E-state index in [0.717, 1.165) is 0 Å². The maximum atomic E-state index is 12.9. The largest absolute Gasteiger partial charge is 0.460 e. The molecule has 1 amide bonds. The normalized spacial score (nSPS) is 14.0. The molecular formula is C9H7ClF9NO. The first-order valence-corrected chi connectivity index (χ1v) is 5.28. The van der Waals surface area contributed by atoms with Gasteiger partial charge in [-0.1, -0.05) is 18.2 Å². The molecule has 21 heavy (non-hydrogen) atoms. The Bertz CT molecular complexity index is 418. The number of hydrogen-bond acceptors (Lipinski definition) is 1. The molecule has 0 atom stereocenters. The molecule has 0 unspecified atom stereocenters. The molecule has 0 fully saturated rings. The third-order valence-corrected chi connectivity index (χ3v) is 2.35. The summed E-state index contributed by atoms with van der Waals surface area (Å²) in [5.41, 5.74) is 0. The van der Waals surface area contributed by atoms with E-state index in [0.29, 0.717) is 0 Å². The second kappa shape index (κ2) is 5.93. The number of amides is 1. The fourth-order valence-electron chi connectivity index (χ4n) is 0.994. The molecule has 0 radical (unpaired) electrons. The zero-order valence-electron chi connectivity index (χ0n) is 9.81. The zero-order valence-corrected chi connectivity index (χ0v) is 10.6. The molecule has 1 N–H and O–H groups in total. The first kappa shape index (κ1) is 19.9. The van der Waals surface area contributed by atoms with Gasteiger partial charge >= 0.3 is 23.9 Å². The van der Waals surface area contributed by atoms with E-state index in [-0.39, 0.29) is 0 Å². The molecule has 0 aromatic carbocycles. The first-order chi connectivity index (χ1) is 9.08. The lowest BCUT2D eigenvalue weighted by atomic mass is 10.0. The number of rotatable bonds is 6. The third-order valence-electron chi connectivity index (χ3n) is 2.18. The van der Waals surface area contributed by atoms with Gasteiger partial charge in [-0.05, 0) is 0 Å². The van der Waals surface area contributed by atoms with Crippen LogP contribution in [0.2, 0.25) is 0 Å². The van der Waals surface area contributed by atoms with Crippen LogP contribution in [-0.4, -0.2) is 36.4 Å². The summed E-state index contributed by atoms with van der Waals surface area (Å²) in [5, 5.41) is 0.774. The van der Waals surface area contributed by atoms with Gasteiger partial charge in [0.2, 0.25) is 0 Å². The Morgan fingerprint density at radius 1 is 0.952 bits per heavy atom. The van der Waals surface area contributed by atoms with E-state index < -0.39 is 47.8 Å². The molecule has 0 saturated carbocycles. The van der Waals surface area contributed by atoms with E-state index in [1.165, 1.54) is 5.32 Å². The molecule has 0 saturated heterocycles. The fraction of sp³-hybridized carbons (Fsp3) is 0.667. The van der Waals surface area contributed by atoms with Gasteiger partial charge in [0, 0.05) is 13.0 Å². The van der Waals surface area contributed by atoms with Crippen LogP contribution < -0.4 is 5.32 Å². The summed E-state index contributed by atoms with van der Waals surface area (Å²) in [6.07, 6.45) is -9.03. The van der Waals surface area contributed by atoms with Crippen LogP contribution in [0.3, 0.4) is 0 Å². The predicted octanol–water partition coefficient (Wildman–Crippen LogP) is 3.71. The van der Waals surface area contributed by atoms with Crippen LogP contribution in [0.15, 0.2) is 11.6 Å². The Balaban J connectivity index is 5.05. The van der Waals surface area contributed by atoms with E-state index in [4.69, 9.17) is 11.6 Å². The second-order valence-electron chi connectivity index (χ2n) is 3.76. The highest BCUT2D eigenvalue weighted by atomic mass is 35.5. The van der Waals surface area contributed by atoms with E-state index in [1.54, 1.807) is 0 Å². The first-order valence-electron chi connectivity index (χ1n) is 4.90. The number of carbonyl (C=O) groups excluding carboxylic acids is 1. The van der Waals surface area contributed by atoms with E-state index >= 15 is 0 Å². The van der Waals surface area contributed by atoms with E-state index in [2.05, 4.69) is 6.58 Å². The Hall–Kier alpha value is -1.13. The highest BCUT2D eigenvalue weighted by Crippen LogP contribution is 2.53. The molecule has 0 rings (SSSR count). The van der Waals surface area contributed by atoms with Gasteiger partial charge in [0.15, 0.2) is 0 Å². The Labute approximate surface area is 116 Å². The molecule has 0 aliphatic carbocycles. The lowest BCUT2D eigenvalue weighted by molar-refractivity contribution is -0.396. The van der Waals surface area contributed by atoms with Crippen LogP contribution in [-0.2, 0) is 4.79 Å². The zero-order chi connectivity index (χ0) is 17.3. The average molecular weight is 352 g/mol. The standard InChI is InChI=1S/C9H7ClF9NO/c1-4(10)5(21)20-3-2-6(11,12)7(13,14)8(15,16)9(17,18)19/h1-3H2,(H,20,21). The summed E-state index contributed by atoms with van der Waals surface area (Å²) < 4.78 is 112. The van der Waals surface area contributed by atoms with Crippen LogP contribution in [0.1, 0.15) is 6.42 Å². The minimum Gasteiger partial charge on any atom is -0.351 e. The van der Waals surface area contributed by atoms with Crippen molar-refractivity contribution in [3.05, 3.63) is 11.6 Å². The third kappa shape index (κ3) is 3.95. The number of halogens is 10. The Kier molecular flexibility index (Phi) is 5.61. The SMILES string of the molecule is C=C(Cl)C(=O)NCCC(F)(F)C(F)(F)C(F)(F)C(F)(F)F. The lowest BCUT2D eigenvalue weighted by Crippen LogP contribution is -2.61. The molecule has 2 nitrogen and oxygen atoms in total. The van der Waals surface area contributed by atoms with Crippen LogP contribution in [0.25, 0.3) is 0 Å².